The van der Waals surface area contributed by atoms with Crippen LogP contribution in [0.25, 0.3) is 12.2 Å². The summed E-state index contributed by atoms with van der Waals surface area (Å²) >= 11 is 1.97. The molecule has 2 aromatic rings. The average Bonchev–Trinajstić information content (AvgIpc) is 2.72. The molecule has 1 heterocycles. The monoisotopic (exact) mass is 486 g/mol. The van der Waals surface area contributed by atoms with Crippen LogP contribution in [0.3, 0.4) is 0 Å². The minimum Gasteiger partial charge on any atom is -0.461 e. The minimum absolute atomic E-state index is 0.0169. The van der Waals surface area contributed by atoms with Gasteiger partial charge in [0, 0.05) is 10.8 Å². The van der Waals surface area contributed by atoms with Crippen LogP contribution in [0.5, 0.6) is 0 Å². The van der Waals surface area contributed by atoms with Crippen LogP contribution in [0.2, 0.25) is 0 Å². The molecule has 28 heavy (non-hydrogen) atoms. The van der Waals surface area contributed by atoms with E-state index < -0.39 is 5.97 Å². The predicted molar refractivity (Wildman–Crippen MR) is 119 cm³/mol. The maximum absolute atomic E-state index is 11.8. The number of hydrogen-bond acceptors (Lipinski definition) is 4. The minimum atomic E-state index is -0.562. The molecule has 0 radical (unpaired) electrons. The van der Waals surface area contributed by atoms with E-state index in [1.54, 1.807) is 6.92 Å². The van der Waals surface area contributed by atoms with Crippen LogP contribution in [0.15, 0.2) is 68.4 Å². The van der Waals surface area contributed by atoms with Crippen LogP contribution in [-0.2, 0) is 9.53 Å². The van der Waals surface area contributed by atoms with Gasteiger partial charge in [-0.2, -0.15) is 0 Å². The molecule has 0 saturated carbocycles. The molecule has 2 aromatic carbocycles. The van der Waals surface area contributed by atoms with E-state index in [4.69, 9.17) is 15.9 Å². The quantitative estimate of drug-likeness (QED) is 0.285. The second kappa shape index (κ2) is 8.97. The van der Waals surface area contributed by atoms with Crippen molar-refractivity contribution < 1.29 is 14.9 Å². The van der Waals surface area contributed by atoms with Gasteiger partial charge in [-0.15, -0.1) is 0 Å². The zero-order chi connectivity index (χ0) is 20.1. The molecule has 1 aliphatic heterocycles. The molecule has 142 valence electrons. The zero-order valence-corrected chi connectivity index (χ0v) is 17.6. The Kier molecular flexibility index (Phi) is 6.41. The molecule has 0 saturated heterocycles. The van der Waals surface area contributed by atoms with Crippen LogP contribution < -0.4 is 21.7 Å². The summed E-state index contributed by atoms with van der Waals surface area (Å²) in [6, 6.07) is 15.9. The lowest BCUT2D eigenvalue weighted by molar-refractivity contribution is -0.138. The van der Waals surface area contributed by atoms with Gasteiger partial charge in [0.05, 0.1) is 18.5 Å². The number of ether oxygens (including phenoxy) is 1. The highest BCUT2D eigenvalue weighted by atomic mass is 127. The Balaban J connectivity index is 1.81. The van der Waals surface area contributed by atoms with Gasteiger partial charge in [0.1, 0.15) is 9.28 Å². The van der Waals surface area contributed by atoms with Crippen molar-refractivity contribution >= 4 is 46.4 Å². The van der Waals surface area contributed by atoms with Crippen molar-refractivity contribution in [2.24, 2.45) is 10.7 Å². The molecular formula is C22H21IN3O2+. The summed E-state index contributed by atoms with van der Waals surface area (Å²) in [5.41, 5.74) is 9.30. The lowest BCUT2D eigenvalue weighted by atomic mass is 10.0. The van der Waals surface area contributed by atoms with Crippen molar-refractivity contribution in [1.82, 2.24) is 0 Å². The van der Waals surface area contributed by atoms with Crippen molar-refractivity contribution in [2.45, 2.75) is 6.92 Å². The van der Waals surface area contributed by atoms with Crippen molar-refractivity contribution in [2.75, 3.05) is 13.2 Å². The summed E-state index contributed by atoms with van der Waals surface area (Å²) in [6.07, 6.45) is 4.26. The van der Waals surface area contributed by atoms with Gasteiger partial charge in [-0.3, -0.25) is 10.4 Å². The van der Waals surface area contributed by atoms with E-state index >= 15 is 0 Å². The van der Waals surface area contributed by atoms with Crippen molar-refractivity contribution in [3.63, 3.8) is 0 Å². The topological polar surface area (TPSA) is 90.3 Å². The standard InChI is InChI=1S/C22H20IN3O2/c1-2-28-22(27)21(25)19(23)20(24)16-9-7-14(8-10-16)11-15-12-17-5-3-4-6-18(17)26-13-15/h3-12,24H,2,13,25H2,1H3/p+1. The van der Waals surface area contributed by atoms with Crippen LogP contribution in [0.1, 0.15) is 18.1 Å². The third kappa shape index (κ3) is 4.56. The number of carbonyl (C=O) groups excluding carboxylic acids is 1. The summed E-state index contributed by atoms with van der Waals surface area (Å²) in [5, 5.41) is 8.34. The number of nitrogens with two attached hydrogens (primary N) is 2. The Morgan fingerprint density at radius 2 is 1.96 bits per heavy atom. The molecule has 0 aromatic heterocycles. The molecule has 0 aliphatic carbocycles. The van der Waals surface area contributed by atoms with E-state index in [0.29, 0.717) is 15.8 Å². The molecule has 5 nitrogen and oxygen atoms in total. The Labute approximate surface area is 177 Å². The Morgan fingerprint density at radius 3 is 2.68 bits per heavy atom. The number of para-hydroxylation sites is 1. The van der Waals surface area contributed by atoms with Gasteiger partial charge >= 0.3 is 5.97 Å². The van der Waals surface area contributed by atoms with E-state index in [2.05, 4.69) is 23.2 Å². The number of benzene rings is 2. The molecule has 3 rings (SSSR count). The molecule has 0 atom stereocenters. The van der Waals surface area contributed by atoms with E-state index in [0.717, 1.165) is 27.3 Å². The maximum atomic E-state index is 11.8. The SMILES string of the molecule is CCOC(=O)C(N)=C(I)C(=[NH2+])c1ccc(C=C2C=c3ccccc3=NC2)cc1. The van der Waals surface area contributed by atoms with E-state index in [1.807, 2.05) is 65.1 Å². The van der Waals surface area contributed by atoms with Crippen LogP contribution in [-0.4, -0.2) is 24.8 Å². The molecular weight excluding hydrogens is 465 g/mol. The number of nitrogens with zero attached hydrogens (tertiary/aromatic N) is 1. The van der Waals surface area contributed by atoms with Gasteiger partial charge in [0.2, 0.25) is 5.71 Å². The number of fused-ring (bicyclic) bond motifs is 1. The number of allylic oxidation sites excluding steroid dienone is 1. The van der Waals surface area contributed by atoms with Crippen molar-refractivity contribution in [3.8, 4) is 0 Å². The summed E-state index contributed by atoms with van der Waals surface area (Å²) in [4.78, 5) is 16.4. The molecule has 0 spiro atoms. The Hall–Kier alpha value is -2.74. The summed E-state index contributed by atoms with van der Waals surface area (Å²) < 4.78 is 5.41. The first-order valence-electron chi connectivity index (χ1n) is 8.87. The zero-order valence-electron chi connectivity index (χ0n) is 15.5. The second-order valence-electron chi connectivity index (χ2n) is 6.22. The highest BCUT2D eigenvalue weighted by Crippen LogP contribution is 2.18. The van der Waals surface area contributed by atoms with E-state index in [1.165, 1.54) is 0 Å². The molecule has 0 amide bonds. The van der Waals surface area contributed by atoms with Crippen LogP contribution >= 0.6 is 22.6 Å². The first kappa shape index (κ1) is 20.0. The maximum Gasteiger partial charge on any atom is 0.355 e. The second-order valence-corrected chi connectivity index (χ2v) is 7.30. The van der Waals surface area contributed by atoms with Gasteiger partial charge in [-0.05, 0) is 71.0 Å². The first-order valence-corrected chi connectivity index (χ1v) is 9.95. The molecule has 0 bridgehead atoms. The third-order valence-electron chi connectivity index (χ3n) is 4.25. The lowest BCUT2D eigenvalue weighted by Crippen LogP contribution is -2.41. The highest BCUT2D eigenvalue weighted by Gasteiger charge is 2.19. The first-order chi connectivity index (χ1) is 13.5. The number of halogens is 1. The van der Waals surface area contributed by atoms with Crippen LogP contribution in [0.4, 0.5) is 0 Å². The van der Waals surface area contributed by atoms with E-state index in [9.17, 15) is 4.79 Å². The molecule has 6 heteroatoms. The molecule has 4 N–H and O–H groups in total. The number of esters is 1. The third-order valence-corrected chi connectivity index (χ3v) is 5.41. The molecule has 0 fully saturated rings. The van der Waals surface area contributed by atoms with E-state index in [-0.39, 0.29) is 12.3 Å². The van der Waals surface area contributed by atoms with Gasteiger partial charge < -0.3 is 10.5 Å². The summed E-state index contributed by atoms with van der Waals surface area (Å²) in [6.45, 7) is 2.65. The normalized spacial score (nSPS) is 15.0. The fourth-order valence-corrected chi connectivity index (χ4v) is 3.34. The highest BCUT2D eigenvalue weighted by molar-refractivity contribution is 14.1. The summed E-state index contributed by atoms with van der Waals surface area (Å²) in [7, 11) is 0. The average molecular weight is 486 g/mol. The Bertz CT molecular complexity index is 1100. The van der Waals surface area contributed by atoms with Crippen molar-refractivity contribution in [3.05, 3.63) is 85.1 Å². The Morgan fingerprint density at radius 1 is 1.25 bits per heavy atom. The molecule has 0 unspecified atom stereocenters. The van der Waals surface area contributed by atoms with Gasteiger partial charge in [-0.25, -0.2) is 4.79 Å². The number of carbonyl (C=O) groups is 1. The fraction of sp³-hybridized carbons (Fsp3) is 0.136. The predicted octanol–water partition coefficient (Wildman–Crippen LogP) is 0.901. The smallest absolute Gasteiger partial charge is 0.355 e. The fourth-order valence-electron chi connectivity index (χ4n) is 2.81. The lowest BCUT2D eigenvalue weighted by Gasteiger charge is -2.06. The molecule has 1 aliphatic rings. The largest absolute Gasteiger partial charge is 0.461 e. The number of rotatable bonds is 5. The van der Waals surface area contributed by atoms with Crippen LogP contribution in [0, 0.1) is 0 Å². The number of hydrogen-bond donors (Lipinski definition) is 2. The van der Waals surface area contributed by atoms with Crippen molar-refractivity contribution in [1.29, 1.82) is 0 Å². The van der Waals surface area contributed by atoms with Gasteiger partial charge in [-0.1, -0.05) is 30.3 Å². The van der Waals surface area contributed by atoms with Gasteiger partial charge in [0.15, 0.2) is 0 Å². The summed E-state index contributed by atoms with van der Waals surface area (Å²) in [5.74, 6) is -0.562. The van der Waals surface area contributed by atoms with Gasteiger partial charge in [0.25, 0.3) is 0 Å².